The number of nitrogens with one attached hydrogen (secondary N) is 1. The summed E-state index contributed by atoms with van der Waals surface area (Å²) >= 11 is 0. The first-order valence-corrected chi connectivity index (χ1v) is 5.11. The fourth-order valence-electron chi connectivity index (χ4n) is 1.59. The first kappa shape index (κ1) is 10.2. The summed E-state index contributed by atoms with van der Waals surface area (Å²) in [7, 11) is 0. The van der Waals surface area contributed by atoms with Crippen molar-refractivity contribution in [2.24, 2.45) is 0 Å². The van der Waals surface area contributed by atoms with Crippen LogP contribution in [0.15, 0.2) is 34.9 Å². The summed E-state index contributed by atoms with van der Waals surface area (Å²) in [4.78, 5) is 0. The van der Waals surface area contributed by atoms with Crippen LogP contribution >= 0.6 is 0 Å². The zero-order valence-corrected chi connectivity index (χ0v) is 8.73. The minimum atomic E-state index is -0.317. The van der Waals surface area contributed by atoms with Crippen molar-refractivity contribution in [3.8, 4) is 0 Å². The Labute approximate surface area is 88.7 Å². The van der Waals surface area contributed by atoms with Crippen molar-refractivity contribution in [1.29, 1.82) is 0 Å². The quantitative estimate of drug-likeness (QED) is 0.801. The smallest absolute Gasteiger partial charge is 0.134 e. The maximum absolute atomic E-state index is 9.11. The minimum absolute atomic E-state index is 0.317. The van der Waals surface area contributed by atoms with E-state index in [1.165, 1.54) is 0 Å². The molecular weight excluding hydrogens is 190 g/mol. The number of benzene rings is 1. The Kier molecular flexibility index (Phi) is 3.04. The maximum Gasteiger partial charge on any atom is 0.134 e. The van der Waals surface area contributed by atoms with E-state index in [9.17, 15) is 0 Å². The summed E-state index contributed by atoms with van der Waals surface area (Å²) in [5.74, 6) is 0. The van der Waals surface area contributed by atoms with E-state index in [1.807, 2.05) is 24.3 Å². The standard InChI is InChI=1S/C12H15NO2/c1-9(14)6-13-7-10-8-15-12-5-3-2-4-11(10)12/h2-5,8-9,13-14H,6-7H2,1H3. The highest BCUT2D eigenvalue weighted by Gasteiger charge is 2.04. The average Bonchev–Trinajstić information content (AvgIpc) is 2.62. The SMILES string of the molecule is CC(O)CNCc1coc2ccccc12. The van der Waals surface area contributed by atoms with E-state index in [0.29, 0.717) is 6.54 Å². The predicted octanol–water partition coefficient (Wildman–Crippen LogP) is 1.90. The van der Waals surface area contributed by atoms with Crippen LogP contribution < -0.4 is 5.32 Å². The first-order chi connectivity index (χ1) is 7.27. The normalized spacial score (nSPS) is 13.2. The van der Waals surface area contributed by atoms with E-state index in [2.05, 4.69) is 5.32 Å². The molecule has 1 atom stereocenters. The number of para-hydroxylation sites is 1. The van der Waals surface area contributed by atoms with E-state index in [1.54, 1.807) is 13.2 Å². The third kappa shape index (κ3) is 2.37. The Hall–Kier alpha value is -1.32. The van der Waals surface area contributed by atoms with Crippen LogP contribution in [0.5, 0.6) is 0 Å². The highest BCUT2D eigenvalue weighted by molar-refractivity contribution is 5.80. The molecule has 1 aromatic heterocycles. The fraction of sp³-hybridized carbons (Fsp3) is 0.333. The average molecular weight is 205 g/mol. The number of hydrogen-bond donors (Lipinski definition) is 2. The second kappa shape index (κ2) is 4.47. The van der Waals surface area contributed by atoms with Crippen LogP contribution in [0.3, 0.4) is 0 Å². The number of aliphatic hydroxyl groups excluding tert-OH is 1. The van der Waals surface area contributed by atoms with Gasteiger partial charge < -0.3 is 14.8 Å². The van der Waals surface area contributed by atoms with Crippen molar-refractivity contribution in [2.75, 3.05) is 6.54 Å². The van der Waals surface area contributed by atoms with E-state index in [-0.39, 0.29) is 6.10 Å². The Balaban J connectivity index is 2.08. The minimum Gasteiger partial charge on any atom is -0.464 e. The number of aliphatic hydroxyl groups is 1. The molecule has 2 aromatic rings. The lowest BCUT2D eigenvalue weighted by molar-refractivity contribution is 0.191. The summed E-state index contributed by atoms with van der Waals surface area (Å²) in [5.41, 5.74) is 2.04. The van der Waals surface area contributed by atoms with Crippen molar-refractivity contribution in [2.45, 2.75) is 19.6 Å². The molecule has 2 rings (SSSR count). The topological polar surface area (TPSA) is 45.4 Å². The molecule has 2 N–H and O–H groups in total. The number of hydrogen-bond acceptors (Lipinski definition) is 3. The van der Waals surface area contributed by atoms with E-state index < -0.39 is 0 Å². The molecule has 0 aliphatic rings. The highest BCUT2D eigenvalue weighted by Crippen LogP contribution is 2.20. The summed E-state index contributed by atoms with van der Waals surface area (Å²) < 4.78 is 5.40. The molecule has 0 amide bonds. The molecule has 0 aliphatic carbocycles. The van der Waals surface area contributed by atoms with Crippen molar-refractivity contribution in [3.05, 3.63) is 36.1 Å². The Bertz CT molecular complexity index is 434. The van der Waals surface area contributed by atoms with Gasteiger partial charge >= 0.3 is 0 Å². The molecule has 3 nitrogen and oxygen atoms in total. The second-order valence-corrected chi connectivity index (χ2v) is 3.74. The lowest BCUT2D eigenvalue weighted by Crippen LogP contribution is -2.23. The molecule has 1 heterocycles. The van der Waals surface area contributed by atoms with Gasteiger partial charge in [-0.25, -0.2) is 0 Å². The van der Waals surface area contributed by atoms with Crippen molar-refractivity contribution in [3.63, 3.8) is 0 Å². The largest absolute Gasteiger partial charge is 0.464 e. The van der Waals surface area contributed by atoms with Gasteiger partial charge in [-0.15, -0.1) is 0 Å². The fourth-order valence-corrected chi connectivity index (χ4v) is 1.59. The molecule has 0 radical (unpaired) electrons. The second-order valence-electron chi connectivity index (χ2n) is 3.74. The molecule has 0 spiro atoms. The molecule has 3 heteroatoms. The zero-order chi connectivity index (χ0) is 10.7. The van der Waals surface area contributed by atoms with E-state index in [0.717, 1.165) is 23.1 Å². The Morgan fingerprint density at radius 2 is 2.20 bits per heavy atom. The van der Waals surface area contributed by atoms with Crippen LogP contribution in [0.1, 0.15) is 12.5 Å². The molecule has 0 fully saturated rings. The van der Waals surface area contributed by atoms with Crippen LogP contribution in [0.4, 0.5) is 0 Å². The van der Waals surface area contributed by atoms with Gasteiger partial charge in [-0.3, -0.25) is 0 Å². The van der Waals surface area contributed by atoms with Gasteiger partial charge in [0.2, 0.25) is 0 Å². The van der Waals surface area contributed by atoms with Crippen molar-refractivity contribution in [1.82, 2.24) is 5.32 Å². The predicted molar refractivity (Wildman–Crippen MR) is 59.6 cm³/mol. The van der Waals surface area contributed by atoms with Crippen molar-refractivity contribution >= 4 is 11.0 Å². The van der Waals surface area contributed by atoms with Crippen LogP contribution in [0.2, 0.25) is 0 Å². The maximum atomic E-state index is 9.11. The molecule has 0 saturated heterocycles. The molecule has 0 bridgehead atoms. The van der Waals surface area contributed by atoms with Gasteiger partial charge in [0.15, 0.2) is 0 Å². The van der Waals surface area contributed by atoms with Crippen LogP contribution in [-0.2, 0) is 6.54 Å². The third-order valence-electron chi connectivity index (χ3n) is 2.32. The summed E-state index contributed by atoms with van der Waals surface area (Å²) in [6.45, 7) is 3.09. The van der Waals surface area contributed by atoms with Gasteiger partial charge in [0, 0.05) is 24.0 Å². The van der Waals surface area contributed by atoms with E-state index in [4.69, 9.17) is 9.52 Å². The number of fused-ring (bicyclic) bond motifs is 1. The zero-order valence-electron chi connectivity index (χ0n) is 8.73. The van der Waals surface area contributed by atoms with Crippen LogP contribution in [0.25, 0.3) is 11.0 Å². The first-order valence-electron chi connectivity index (χ1n) is 5.11. The van der Waals surface area contributed by atoms with Gasteiger partial charge in [-0.2, -0.15) is 0 Å². The Morgan fingerprint density at radius 1 is 1.40 bits per heavy atom. The summed E-state index contributed by atoms with van der Waals surface area (Å²) in [6, 6.07) is 7.95. The highest BCUT2D eigenvalue weighted by atomic mass is 16.3. The van der Waals surface area contributed by atoms with Crippen molar-refractivity contribution < 1.29 is 9.52 Å². The molecular formula is C12H15NO2. The monoisotopic (exact) mass is 205 g/mol. The van der Waals surface area contributed by atoms with Gasteiger partial charge in [-0.05, 0) is 13.0 Å². The van der Waals surface area contributed by atoms with Gasteiger partial charge in [-0.1, -0.05) is 18.2 Å². The van der Waals surface area contributed by atoms with Gasteiger partial charge in [0.25, 0.3) is 0 Å². The number of furan rings is 1. The van der Waals surface area contributed by atoms with Crippen LogP contribution in [-0.4, -0.2) is 17.8 Å². The molecule has 80 valence electrons. The summed E-state index contributed by atoms with van der Waals surface area (Å²) in [6.07, 6.45) is 1.45. The number of rotatable bonds is 4. The molecule has 0 aliphatic heterocycles. The lowest BCUT2D eigenvalue weighted by Gasteiger charge is -2.05. The molecule has 1 unspecified atom stereocenters. The molecule has 15 heavy (non-hydrogen) atoms. The summed E-state index contributed by atoms with van der Waals surface area (Å²) in [5, 5.41) is 13.4. The Morgan fingerprint density at radius 3 is 3.00 bits per heavy atom. The van der Waals surface area contributed by atoms with Crippen LogP contribution in [0, 0.1) is 0 Å². The van der Waals surface area contributed by atoms with Gasteiger partial charge in [0.05, 0.1) is 12.4 Å². The molecule has 0 saturated carbocycles. The third-order valence-corrected chi connectivity index (χ3v) is 2.32. The molecule has 1 aromatic carbocycles. The lowest BCUT2D eigenvalue weighted by atomic mass is 10.2. The van der Waals surface area contributed by atoms with E-state index >= 15 is 0 Å². The van der Waals surface area contributed by atoms with Gasteiger partial charge in [0.1, 0.15) is 5.58 Å².